The second kappa shape index (κ2) is 8.44. The minimum absolute atomic E-state index is 0.0624. The van der Waals surface area contributed by atoms with Crippen LogP contribution in [-0.2, 0) is 29.2 Å². The maximum atomic E-state index is 13.2. The summed E-state index contributed by atoms with van der Waals surface area (Å²) in [7, 11) is -3.02. The zero-order chi connectivity index (χ0) is 18.7. The highest BCUT2D eigenvalue weighted by atomic mass is 32.2. The van der Waals surface area contributed by atoms with Crippen molar-refractivity contribution in [3.8, 4) is 0 Å². The first kappa shape index (κ1) is 19.9. The molecule has 0 N–H and O–H groups in total. The predicted octanol–water partition coefficient (Wildman–Crippen LogP) is 3.66. The van der Waals surface area contributed by atoms with Crippen LogP contribution >= 0.6 is 23.1 Å². The molecule has 8 heteroatoms. The zero-order valence-corrected chi connectivity index (χ0v) is 17.9. The molecule has 0 radical (unpaired) electrons. The van der Waals surface area contributed by atoms with Gasteiger partial charge in [0.05, 0.1) is 11.1 Å². The number of hydrogen-bond acceptors (Lipinski definition) is 6. The summed E-state index contributed by atoms with van der Waals surface area (Å²) >= 11 is 3.03. The molecule has 144 valence electrons. The van der Waals surface area contributed by atoms with Gasteiger partial charge in [-0.3, -0.25) is 9.36 Å². The summed E-state index contributed by atoms with van der Waals surface area (Å²) in [4.78, 5) is 20.2. The van der Waals surface area contributed by atoms with E-state index in [1.807, 2.05) is 0 Å². The highest BCUT2D eigenvalue weighted by molar-refractivity contribution is 8.00. The van der Waals surface area contributed by atoms with E-state index in [9.17, 15) is 13.2 Å². The van der Waals surface area contributed by atoms with Crippen molar-refractivity contribution >= 4 is 43.2 Å². The highest BCUT2D eigenvalue weighted by Gasteiger charge is 2.22. The first-order valence-corrected chi connectivity index (χ1v) is 13.1. The van der Waals surface area contributed by atoms with Crippen molar-refractivity contribution in [2.24, 2.45) is 0 Å². The van der Waals surface area contributed by atoms with Crippen molar-refractivity contribution in [2.45, 2.75) is 63.6 Å². The molecular formula is C18H26N2O3S3. The fourth-order valence-corrected chi connectivity index (χ4v) is 6.85. The van der Waals surface area contributed by atoms with E-state index in [2.05, 4.69) is 6.92 Å². The molecular weight excluding hydrogens is 388 g/mol. The van der Waals surface area contributed by atoms with Gasteiger partial charge < -0.3 is 0 Å². The molecule has 0 atom stereocenters. The van der Waals surface area contributed by atoms with Gasteiger partial charge >= 0.3 is 0 Å². The lowest BCUT2D eigenvalue weighted by atomic mass is 9.97. The second-order valence-electron chi connectivity index (χ2n) is 6.93. The molecule has 5 nitrogen and oxygen atoms in total. The Balaban J connectivity index is 2.00. The van der Waals surface area contributed by atoms with Gasteiger partial charge in [-0.2, -0.15) is 0 Å². The van der Waals surface area contributed by atoms with Crippen LogP contribution < -0.4 is 5.56 Å². The number of thiophene rings is 1. The van der Waals surface area contributed by atoms with E-state index < -0.39 is 9.84 Å². The van der Waals surface area contributed by atoms with Crippen LogP contribution in [0.4, 0.5) is 0 Å². The van der Waals surface area contributed by atoms with Gasteiger partial charge in [0.25, 0.3) is 5.56 Å². The molecule has 0 aliphatic heterocycles. The third-order valence-electron chi connectivity index (χ3n) is 4.71. The monoisotopic (exact) mass is 414 g/mol. The lowest BCUT2D eigenvalue weighted by Gasteiger charge is -2.13. The Bertz CT molecular complexity index is 945. The maximum absolute atomic E-state index is 13.2. The van der Waals surface area contributed by atoms with Crippen molar-refractivity contribution in [1.82, 2.24) is 9.55 Å². The van der Waals surface area contributed by atoms with Crippen LogP contribution in [0.5, 0.6) is 0 Å². The number of aromatic nitrogens is 2. The molecule has 26 heavy (non-hydrogen) atoms. The van der Waals surface area contributed by atoms with Gasteiger partial charge in [-0.05, 0) is 37.7 Å². The van der Waals surface area contributed by atoms with E-state index in [1.165, 1.54) is 34.9 Å². The summed E-state index contributed by atoms with van der Waals surface area (Å²) < 4.78 is 24.6. The second-order valence-corrected chi connectivity index (χ2v) is 11.3. The van der Waals surface area contributed by atoms with E-state index in [0.29, 0.717) is 17.5 Å². The number of fused-ring (bicyclic) bond motifs is 3. The van der Waals surface area contributed by atoms with Crippen molar-refractivity contribution in [2.75, 3.05) is 17.8 Å². The topological polar surface area (TPSA) is 69.0 Å². The van der Waals surface area contributed by atoms with E-state index in [0.717, 1.165) is 48.7 Å². The maximum Gasteiger partial charge on any atom is 0.263 e. The van der Waals surface area contributed by atoms with Crippen LogP contribution in [0.1, 0.15) is 49.5 Å². The number of hydrogen-bond donors (Lipinski definition) is 0. The van der Waals surface area contributed by atoms with E-state index in [-0.39, 0.29) is 11.3 Å². The fourth-order valence-electron chi connectivity index (χ4n) is 3.33. The molecule has 2 heterocycles. The number of aryl methyl sites for hydroxylation is 2. The Labute approximate surface area is 163 Å². The summed E-state index contributed by atoms with van der Waals surface area (Å²) in [5, 5.41) is 1.48. The van der Waals surface area contributed by atoms with Gasteiger partial charge in [-0.1, -0.05) is 31.5 Å². The van der Waals surface area contributed by atoms with Gasteiger partial charge in [-0.15, -0.1) is 11.3 Å². The zero-order valence-electron chi connectivity index (χ0n) is 15.4. The molecule has 0 bridgehead atoms. The molecule has 0 spiro atoms. The van der Waals surface area contributed by atoms with E-state index >= 15 is 0 Å². The molecule has 2 aromatic rings. The Hall–Kier alpha value is -0.860. The summed E-state index contributed by atoms with van der Waals surface area (Å²) in [5.41, 5.74) is 1.28. The number of rotatable bonds is 8. The molecule has 1 aliphatic rings. The van der Waals surface area contributed by atoms with Crippen LogP contribution in [0.3, 0.4) is 0 Å². The average Bonchev–Trinajstić information content (AvgIpc) is 2.94. The Morgan fingerprint density at radius 3 is 2.73 bits per heavy atom. The molecule has 0 amide bonds. The van der Waals surface area contributed by atoms with Gasteiger partial charge in [0.2, 0.25) is 0 Å². The Morgan fingerprint density at radius 1 is 1.23 bits per heavy atom. The van der Waals surface area contributed by atoms with Crippen molar-refractivity contribution < 1.29 is 8.42 Å². The fraction of sp³-hybridized carbons (Fsp3) is 0.667. The molecule has 3 rings (SSSR count). The van der Waals surface area contributed by atoms with Gasteiger partial charge in [-0.25, -0.2) is 13.4 Å². The van der Waals surface area contributed by atoms with Crippen LogP contribution in [0.2, 0.25) is 0 Å². The SMILES string of the molecule is CCCCCn1c(SCCS(C)(=O)=O)nc2sc3c(c2c1=O)CCCC3. The van der Waals surface area contributed by atoms with Crippen LogP contribution in [0.25, 0.3) is 10.2 Å². The molecule has 0 fully saturated rings. The van der Waals surface area contributed by atoms with Gasteiger partial charge in [0.15, 0.2) is 5.16 Å². The third kappa shape index (κ3) is 4.51. The first-order valence-electron chi connectivity index (χ1n) is 9.26. The Morgan fingerprint density at radius 2 is 2.00 bits per heavy atom. The predicted molar refractivity (Wildman–Crippen MR) is 110 cm³/mol. The Kier molecular flexibility index (Phi) is 6.45. The highest BCUT2D eigenvalue weighted by Crippen LogP contribution is 2.34. The first-order chi connectivity index (χ1) is 12.4. The van der Waals surface area contributed by atoms with Crippen LogP contribution in [0.15, 0.2) is 9.95 Å². The lowest BCUT2D eigenvalue weighted by molar-refractivity contribution is 0.541. The summed E-state index contributed by atoms with van der Waals surface area (Å²) in [6.07, 6.45) is 8.68. The van der Waals surface area contributed by atoms with Gasteiger partial charge in [0.1, 0.15) is 14.7 Å². The number of thioether (sulfide) groups is 1. The minimum atomic E-state index is -3.02. The molecule has 0 saturated carbocycles. The number of unbranched alkanes of at least 4 members (excludes halogenated alkanes) is 2. The summed E-state index contributed by atoms with van der Waals surface area (Å²) in [5.74, 6) is 0.525. The molecule has 2 aromatic heterocycles. The van der Waals surface area contributed by atoms with E-state index in [4.69, 9.17) is 4.98 Å². The van der Waals surface area contributed by atoms with Crippen molar-refractivity contribution in [3.05, 3.63) is 20.8 Å². The lowest BCUT2D eigenvalue weighted by Crippen LogP contribution is -2.24. The van der Waals surface area contributed by atoms with Crippen molar-refractivity contribution in [3.63, 3.8) is 0 Å². The quantitative estimate of drug-likeness (QED) is 0.374. The van der Waals surface area contributed by atoms with Crippen molar-refractivity contribution in [1.29, 1.82) is 0 Å². The molecule has 0 aromatic carbocycles. The van der Waals surface area contributed by atoms with Crippen LogP contribution in [0, 0.1) is 0 Å². The number of sulfone groups is 1. The molecule has 1 aliphatic carbocycles. The van der Waals surface area contributed by atoms with E-state index in [1.54, 1.807) is 15.9 Å². The summed E-state index contributed by atoms with van der Waals surface area (Å²) in [6, 6.07) is 0. The standard InChI is InChI=1S/C18H26N2O3S3/c1-3-4-7-10-20-17(21)15-13-8-5-6-9-14(13)25-16(15)19-18(20)24-11-12-26(2,22)23/h3-12H2,1-2H3. The minimum Gasteiger partial charge on any atom is -0.287 e. The van der Waals surface area contributed by atoms with Crippen LogP contribution in [-0.4, -0.2) is 35.7 Å². The molecule has 0 saturated heterocycles. The smallest absolute Gasteiger partial charge is 0.263 e. The largest absolute Gasteiger partial charge is 0.287 e. The molecule has 0 unspecified atom stereocenters. The summed E-state index contributed by atoms with van der Waals surface area (Å²) in [6.45, 7) is 2.79. The normalized spacial score (nSPS) is 14.7. The van der Waals surface area contributed by atoms with Gasteiger partial charge in [0, 0.05) is 23.4 Å². The number of nitrogens with zero attached hydrogens (tertiary/aromatic N) is 2. The third-order valence-corrected chi connectivity index (χ3v) is 8.08. The average molecular weight is 415 g/mol.